The predicted octanol–water partition coefficient (Wildman–Crippen LogP) is 4.58. The van der Waals surface area contributed by atoms with Crippen molar-refractivity contribution in [3.63, 3.8) is 0 Å². The van der Waals surface area contributed by atoms with Crippen molar-refractivity contribution in [1.29, 1.82) is 0 Å². The Kier molecular flexibility index (Phi) is 4.63. The summed E-state index contributed by atoms with van der Waals surface area (Å²) in [5.41, 5.74) is 4.04. The molecule has 0 atom stereocenters. The first-order valence-electron chi connectivity index (χ1n) is 7.48. The second-order valence-corrected chi connectivity index (χ2v) is 6.45. The summed E-state index contributed by atoms with van der Waals surface area (Å²) in [6.45, 7) is 4.08. The van der Waals surface area contributed by atoms with Crippen molar-refractivity contribution in [2.24, 2.45) is 0 Å². The fourth-order valence-corrected chi connectivity index (χ4v) is 3.30. The van der Waals surface area contributed by atoms with Crippen molar-refractivity contribution in [2.45, 2.75) is 18.7 Å². The molecule has 0 aliphatic heterocycles. The summed E-state index contributed by atoms with van der Waals surface area (Å²) in [5.74, 6) is 0.382. The second kappa shape index (κ2) is 6.84. The topological polar surface area (TPSA) is 42.0 Å². The molecule has 0 fully saturated rings. The lowest BCUT2D eigenvalue weighted by molar-refractivity contribution is -0.113. The summed E-state index contributed by atoms with van der Waals surface area (Å²) in [6, 6.07) is 15.9. The van der Waals surface area contributed by atoms with Gasteiger partial charge in [-0.15, -0.1) is 11.8 Å². The van der Waals surface area contributed by atoms with Gasteiger partial charge in [0.05, 0.1) is 17.0 Å². The van der Waals surface area contributed by atoms with Gasteiger partial charge in [0, 0.05) is 16.5 Å². The van der Waals surface area contributed by atoms with E-state index in [0.29, 0.717) is 5.75 Å². The molecule has 0 bridgehead atoms. The number of carbonyl (C=O) groups is 1. The maximum Gasteiger partial charge on any atom is 0.234 e. The monoisotopic (exact) mass is 322 g/mol. The van der Waals surface area contributed by atoms with Gasteiger partial charge in [-0.25, -0.2) is 0 Å². The van der Waals surface area contributed by atoms with Crippen molar-refractivity contribution in [3.05, 3.63) is 65.9 Å². The number of aryl methyl sites for hydroxylation is 2. The van der Waals surface area contributed by atoms with Crippen LogP contribution in [-0.4, -0.2) is 16.6 Å². The summed E-state index contributed by atoms with van der Waals surface area (Å²) in [7, 11) is 0. The van der Waals surface area contributed by atoms with Gasteiger partial charge in [-0.2, -0.15) is 0 Å². The Bertz CT molecular complexity index is 861. The Hall–Kier alpha value is -2.33. The number of thioether (sulfide) groups is 1. The normalized spacial score (nSPS) is 10.7. The van der Waals surface area contributed by atoms with Crippen LogP contribution < -0.4 is 5.32 Å². The standard InChI is InChI=1S/C19H18N2OS/c1-13-6-3-4-8-17(13)23-12-18(22)21-16-10-9-14(2)19-15(16)7-5-11-20-19/h3-11H,12H2,1-2H3,(H,21,22). The summed E-state index contributed by atoms with van der Waals surface area (Å²) >= 11 is 1.56. The average Bonchev–Trinajstić information content (AvgIpc) is 2.57. The quantitative estimate of drug-likeness (QED) is 0.715. The molecule has 3 nitrogen and oxygen atoms in total. The van der Waals surface area contributed by atoms with E-state index < -0.39 is 0 Å². The van der Waals surface area contributed by atoms with Crippen LogP contribution in [0.4, 0.5) is 5.69 Å². The molecule has 0 aliphatic rings. The van der Waals surface area contributed by atoms with Gasteiger partial charge in [0.1, 0.15) is 0 Å². The molecule has 0 aliphatic carbocycles. The van der Waals surface area contributed by atoms with Gasteiger partial charge in [0.15, 0.2) is 0 Å². The lowest BCUT2D eigenvalue weighted by Crippen LogP contribution is -2.14. The number of anilines is 1. The van der Waals surface area contributed by atoms with Crippen LogP contribution in [0.5, 0.6) is 0 Å². The Morgan fingerprint density at radius 2 is 1.87 bits per heavy atom. The summed E-state index contributed by atoms with van der Waals surface area (Å²) in [6.07, 6.45) is 1.77. The van der Waals surface area contributed by atoms with E-state index in [4.69, 9.17) is 0 Å². The first-order chi connectivity index (χ1) is 11.1. The van der Waals surface area contributed by atoms with Gasteiger partial charge in [-0.05, 0) is 49.2 Å². The molecule has 0 unspecified atom stereocenters. The predicted molar refractivity (Wildman–Crippen MR) is 97.0 cm³/mol. The molecule has 0 spiro atoms. The van der Waals surface area contributed by atoms with Gasteiger partial charge in [-0.1, -0.05) is 24.3 Å². The molecule has 23 heavy (non-hydrogen) atoms. The Morgan fingerprint density at radius 3 is 2.70 bits per heavy atom. The molecule has 0 radical (unpaired) electrons. The Balaban J connectivity index is 1.74. The maximum absolute atomic E-state index is 12.3. The van der Waals surface area contributed by atoms with Crippen LogP contribution >= 0.6 is 11.8 Å². The van der Waals surface area contributed by atoms with Crippen LogP contribution in [-0.2, 0) is 4.79 Å². The highest BCUT2D eigenvalue weighted by atomic mass is 32.2. The van der Waals surface area contributed by atoms with Crippen LogP contribution in [0.2, 0.25) is 0 Å². The smallest absolute Gasteiger partial charge is 0.234 e. The van der Waals surface area contributed by atoms with E-state index in [1.54, 1.807) is 18.0 Å². The molecule has 2 aromatic carbocycles. The van der Waals surface area contributed by atoms with E-state index in [0.717, 1.165) is 27.0 Å². The zero-order chi connectivity index (χ0) is 16.2. The minimum Gasteiger partial charge on any atom is -0.325 e. The highest BCUT2D eigenvalue weighted by Gasteiger charge is 2.09. The molecule has 4 heteroatoms. The van der Waals surface area contributed by atoms with Crippen molar-refractivity contribution in [1.82, 2.24) is 4.98 Å². The lowest BCUT2D eigenvalue weighted by atomic mass is 10.1. The number of nitrogens with one attached hydrogen (secondary N) is 1. The third kappa shape index (κ3) is 3.54. The first kappa shape index (κ1) is 15.6. The number of carbonyl (C=O) groups excluding carboxylic acids is 1. The molecular weight excluding hydrogens is 304 g/mol. The van der Waals surface area contributed by atoms with E-state index >= 15 is 0 Å². The van der Waals surface area contributed by atoms with E-state index in [2.05, 4.69) is 23.3 Å². The van der Waals surface area contributed by atoms with Gasteiger partial charge >= 0.3 is 0 Å². The SMILES string of the molecule is Cc1ccccc1SCC(=O)Nc1ccc(C)c2ncccc12. The number of rotatable bonds is 4. The zero-order valence-corrected chi connectivity index (χ0v) is 14.0. The molecule has 116 valence electrons. The van der Waals surface area contributed by atoms with E-state index in [1.165, 1.54) is 5.56 Å². The number of pyridine rings is 1. The number of fused-ring (bicyclic) bond motifs is 1. The molecule has 0 saturated heterocycles. The first-order valence-corrected chi connectivity index (χ1v) is 8.46. The number of benzene rings is 2. The fourth-order valence-electron chi connectivity index (χ4n) is 2.47. The van der Waals surface area contributed by atoms with Crippen LogP contribution in [0.25, 0.3) is 10.9 Å². The number of hydrogen-bond donors (Lipinski definition) is 1. The molecule has 3 rings (SSSR count). The molecule has 1 aromatic heterocycles. The van der Waals surface area contributed by atoms with Crippen molar-refractivity contribution >= 4 is 34.3 Å². The Morgan fingerprint density at radius 1 is 1.04 bits per heavy atom. The molecule has 1 amide bonds. The molecule has 1 heterocycles. The maximum atomic E-state index is 12.3. The average molecular weight is 322 g/mol. The highest BCUT2D eigenvalue weighted by molar-refractivity contribution is 8.00. The lowest BCUT2D eigenvalue weighted by Gasteiger charge is -2.10. The Labute approximate surface area is 140 Å². The minimum absolute atomic E-state index is 0.00717. The molecule has 3 aromatic rings. The van der Waals surface area contributed by atoms with Gasteiger partial charge in [0.25, 0.3) is 0 Å². The highest BCUT2D eigenvalue weighted by Crippen LogP contribution is 2.26. The van der Waals surface area contributed by atoms with Crippen molar-refractivity contribution in [3.8, 4) is 0 Å². The minimum atomic E-state index is -0.00717. The number of nitrogens with zero attached hydrogens (tertiary/aromatic N) is 1. The van der Waals surface area contributed by atoms with Crippen molar-refractivity contribution < 1.29 is 4.79 Å². The second-order valence-electron chi connectivity index (χ2n) is 5.43. The number of aromatic nitrogens is 1. The van der Waals surface area contributed by atoms with E-state index in [-0.39, 0.29) is 5.91 Å². The van der Waals surface area contributed by atoms with Crippen LogP contribution in [0.1, 0.15) is 11.1 Å². The van der Waals surface area contributed by atoms with Gasteiger partial charge in [-0.3, -0.25) is 9.78 Å². The largest absolute Gasteiger partial charge is 0.325 e. The number of amides is 1. The zero-order valence-electron chi connectivity index (χ0n) is 13.2. The molecule has 0 saturated carbocycles. The van der Waals surface area contributed by atoms with Gasteiger partial charge < -0.3 is 5.32 Å². The summed E-state index contributed by atoms with van der Waals surface area (Å²) < 4.78 is 0. The summed E-state index contributed by atoms with van der Waals surface area (Å²) in [5, 5.41) is 3.98. The van der Waals surface area contributed by atoms with E-state index in [9.17, 15) is 4.79 Å². The van der Waals surface area contributed by atoms with E-state index in [1.807, 2.05) is 49.4 Å². The van der Waals surface area contributed by atoms with Crippen molar-refractivity contribution in [2.75, 3.05) is 11.1 Å². The van der Waals surface area contributed by atoms with Crippen LogP contribution in [0.3, 0.4) is 0 Å². The summed E-state index contributed by atoms with van der Waals surface area (Å²) in [4.78, 5) is 17.8. The molecule has 1 N–H and O–H groups in total. The van der Waals surface area contributed by atoms with Crippen LogP contribution in [0, 0.1) is 13.8 Å². The fraction of sp³-hybridized carbons (Fsp3) is 0.158. The third-order valence-electron chi connectivity index (χ3n) is 3.70. The van der Waals surface area contributed by atoms with Crippen LogP contribution in [0.15, 0.2) is 59.6 Å². The molecular formula is C19H18N2OS. The van der Waals surface area contributed by atoms with Gasteiger partial charge in [0.2, 0.25) is 5.91 Å². The third-order valence-corrected chi connectivity index (χ3v) is 4.87. The number of hydrogen-bond acceptors (Lipinski definition) is 3.